The molecule has 0 heterocycles. The molecular formula is C16H26FN. The first-order valence-electron chi connectivity index (χ1n) is 6.85. The highest BCUT2D eigenvalue weighted by Crippen LogP contribution is 2.29. The topological polar surface area (TPSA) is 26.0 Å². The Morgan fingerprint density at radius 2 is 1.67 bits per heavy atom. The average Bonchev–Trinajstić information content (AvgIpc) is 2.28. The first-order chi connectivity index (χ1) is 8.34. The lowest BCUT2D eigenvalue weighted by Gasteiger charge is -2.32. The zero-order valence-electron chi connectivity index (χ0n) is 12.0. The van der Waals surface area contributed by atoms with Crippen LogP contribution in [-0.2, 0) is 5.41 Å². The summed E-state index contributed by atoms with van der Waals surface area (Å²) in [6, 6.07) is 6.83. The average molecular weight is 251 g/mol. The fraction of sp³-hybridized carbons (Fsp3) is 0.625. The second-order valence-corrected chi connectivity index (χ2v) is 6.16. The van der Waals surface area contributed by atoms with Gasteiger partial charge < -0.3 is 5.73 Å². The van der Waals surface area contributed by atoms with Gasteiger partial charge in [0.2, 0.25) is 0 Å². The Bertz CT molecular complexity index is 354. The molecule has 2 N–H and O–H groups in total. The van der Waals surface area contributed by atoms with Crippen molar-refractivity contribution in [3.63, 3.8) is 0 Å². The summed E-state index contributed by atoms with van der Waals surface area (Å²) in [7, 11) is 0. The van der Waals surface area contributed by atoms with E-state index >= 15 is 0 Å². The summed E-state index contributed by atoms with van der Waals surface area (Å²) >= 11 is 0. The molecule has 0 amide bonds. The van der Waals surface area contributed by atoms with Gasteiger partial charge in [-0.15, -0.1) is 0 Å². The highest BCUT2D eigenvalue weighted by Gasteiger charge is 2.28. The minimum absolute atomic E-state index is 0.106. The van der Waals surface area contributed by atoms with Crippen molar-refractivity contribution in [2.75, 3.05) is 0 Å². The molecule has 0 spiro atoms. The van der Waals surface area contributed by atoms with Crippen LogP contribution in [-0.4, -0.2) is 6.04 Å². The third-order valence-electron chi connectivity index (χ3n) is 3.81. The van der Waals surface area contributed by atoms with E-state index in [0.717, 1.165) is 24.3 Å². The maximum Gasteiger partial charge on any atom is 0.123 e. The first kappa shape index (κ1) is 15.2. The Hall–Kier alpha value is -0.890. The third-order valence-corrected chi connectivity index (χ3v) is 3.81. The van der Waals surface area contributed by atoms with Crippen LogP contribution in [0.25, 0.3) is 0 Å². The van der Waals surface area contributed by atoms with E-state index in [-0.39, 0.29) is 17.3 Å². The lowest BCUT2D eigenvalue weighted by molar-refractivity contribution is 0.368. The molecule has 1 unspecified atom stereocenters. The van der Waals surface area contributed by atoms with Crippen molar-refractivity contribution in [2.24, 2.45) is 11.7 Å². The van der Waals surface area contributed by atoms with Gasteiger partial charge in [0.15, 0.2) is 0 Å². The van der Waals surface area contributed by atoms with E-state index in [2.05, 4.69) is 27.7 Å². The van der Waals surface area contributed by atoms with Crippen LogP contribution in [0.2, 0.25) is 0 Å². The van der Waals surface area contributed by atoms with Gasteiger partial charge in [0.05, 0.1) is 0 Å². The smallest absolute Gasteiger partial charge is 0.123 e. The zero-order chi connectivity index (χ0) is 13.8. The van der Waals surface area contributed by atoms with Crippen LogP contribution in [0.4, 0.5) is 4.39 Å². The Morgan fingerprint density at radius 1 is 1.11 bits per heavy atom. The molecule has 1 rings (SSSR count). The van der Waals surface area contributed by atoms with Crippen molar-refractivity contribution >= 4 is 0 Å². The largest absolute Gasteiger partial charge is 0.327 e. The molecule has 0 aliphatic carbocycles. The predicted octanol–water partition coefficient (Wildman–Crippen LogP) is 4.26. The minimum Gasteiger partial charge on any atom is -0.327 e. The summed E-state index contributed by atoms with van der Waals surface area (Å²) in [4.78, 5) is 0. The molecule has 1 atom stereocenters. The summed E-state index contributed by atoms with van der Waals surface area (Å²) in [5.74, 6) is 0.536. The lowest BCUT2D eigenvalue weighted by Crippen LogP contribution is -2.40. The molecule has 1 nitrogen and oxygen atoms in total. The summed E-state index contributed by atoms with van der Waals surface area (Å²) in [5, 5.41) is 0. The molecule has 0 fully saturated rings. The number of benzene rings is 1. The lowest BCUT2D eigenvalue weighted by atomic mass is 9.76. The van der Waals surface area contributed by atoms with Crippen LogP contribution in [0.3, 0.4) is 0 Å². The monoisotopic (exact) mass is 251 g/mol. The second kappa shape index (κ2) is 6.33. The number of hydrogen-bond donors (Lipinski definition) is 1. The van der Waals surface area contributed by atoms with Crippen molar-refractivity contribution in [1.29, 1.82) is 0 Å². The summed E-state index contributed by atoms with van der Waals surface area (Å²) in [5.41, 5.74) is 7.32. The van der Waals surface area contributed by atoms with Gasteiger partial charge in [-0.05, 0) is 30.0 Å². The number of halogens is 1. The number of hydrogen-bond acceptors (Lipinski definition) is 1. The molecule has 0 saturated carbocycles. The van der Waals surface area contributed by atoms with Gasteiger partial charge in [0, 0.05) is 11.5 Å². The zero-order valence-corrected chi connectivity index (χ0v) is 12.0. The maximum absolute atomic E-state index is 12.9. The molecule has 102 valence electrons. The fourth-order valence-corrected chi connectivity index (χ4v) is 2.20. The molecule has 0 aromatic heterocycles. The molecule has 0 radical (unpaired) electrons. The van der Waals surface area contributed by atoms with E-state index in [4.69, 9.17) is 5.73 Å². The van der Waals surface area contributed by atoms with Crippen molar-refractivity contribution in [1.82, 2.24) is 0 Å². The second-order valence-electron chi connectivity index (χ2n) is 6.16. The number of rotatable bonds is 6. The van der Waals surface area contributed by atoms with E-state index in [1.54, 1.807) is 0 Å². The highest BCUT2D eigenvalue weighted by atomic mass is 19.1. The molecule has 18 heavy (non-hydrogen) atoms. The van der Waals surface area contributed by atoms with E-state index in [9.17, 15) is 4.39 Å². The van der Waals surface area contributed by atoms with Crippen molar-refractivity contribution < 1.29 is 4.39 Å². The van der Waals surface area contributed by atoms with Crippen LogP contribution >= 0.6 is 0 Å². The van der Waals surface area contributed by atoms with Gasteiger partial charge in [0.25, 0.3) is 0 Å². The van der Waals surface area contributed by atoms with Crippen molar-refractivity contribution in [2.45, 2.75) is 58.4 Å². The Balaban J connectivity index is 2.64. The van der Waals surface area contributed by atoms with Gasteiger partial charge in [-0.25, -0.2) is 4.39 Å². The summed E-state index contributed by atoms with van der Waals surface area (Å²) in [6.45, 7) is 8.74. The van der Waals surface area contributed by atoms with Crippen molar-refractivity contribution in [3.05, 3.63) is 35.6 Å². The van der Waals surface area contributed by atoms with Gasteiger partial charge in [-0.2, -0.15) is 0 Å². The highest BCUT2D eigenvalue weighted by molar-refractivity contribution is 5.26. The van der Waals surface area contributed by atoms with E-state index in [1.807, 2.05) is 12.1 Å². The predicted molar refractivity (Wildman–Crippen MR) is 76.1 cm³/mol. The number of nitrogens with two attached hydrogens (primary N) is 1. The molecule has 1 aromatic carbocycles. The maximum atomic E-state index is 12.9. The molecule has 0 aliphatic heterocycles. The van der Waals surface area contributed by atoms with Gasteiger partial charge in [0.1, 0.15) is 5.82 Å². The molecule has 0 aliphatic rings. The summed E-state index contributed by atoms with van der Waals surface area (Å²) < 4.78 is 12.9. The Labute approximate surface area is 111 Å². The van der Waals surface area contributed by atoms with E-state index in [1.165, 1.54) is 18.6 Å². The van der Waals surface area contributed by atoms with Gasteiger partial charge >= 0.3 is 0 Å². The first-order valence-corrected chi connectivity index (χ1v) is 6.85. The van der Waals surface area contributed by atoms with Gasteiger partial charge in [-0.1, -0.05) is 52.7 Å². The molecule has 0 saturated heterocycles. The quantitative estimate of drug-likeness (QED) is 0.803. The fourth-order valence-electron chi connectivity index (χ4n) is 2.20. The normalized spacial score (nSPS) is 13.9. The molecule has 2 heteroatoms. The van der Waals surface area contributed by atoms with Crippen molar-refractivity contribution in [3.8, 4) is 0 Å². The van der Waals surface area contributed by atoms with E-state index in [0.29, 0.717) is 0 Å². The summed E-state index contributed by atoms with van der Waals surface area (Å²) in [6.07, 6.45) is 3.39. The Morgan fingerprint density at radius 3 is 2.17 bits per heavy atom. The van der Waals surface area contributed by atoms with E-state index < -0.39 is 0 Å². The van der Waals surface area contributed by atoms with Crippen LogP contribution in [0.5, 0.6) is 0 Å². The van der Waals surface area contributed by atoms with Crippen LogP contribution in [0.1, 0.15) is 52.5 Å². The van der Waals surface area contributed by atoms with Crippen LogP contribution in [0.15, 0.2) is 24.3 Å². The van der Waals surface area contributed by atoms with Crippen LogP contribution < -0.4 is 5.73 Å². The third kappa shape index (κ3) is 4.09. The minimum atomic E-state index is -0.192. The molecular weight excluding hydrogens is 225 g/mol. The SMILES string of the molecule is CC(C)CCCC(N)C(C)(C)c1ccc(F)cc1. The molecule has 0 bridgehead atoms. The Kier molecular flexibility index (Phi) is 5.33. The van der Waals surface area contributed by atoms with Gasteiger partial charge in [-0.3, -0.25) is 0 Å². The standard InChI is InChI=1S/C16H26FN/c1-12(2)6-5-7-15(18)16(3,4)13-8-10-14(17)11-9-13/h8-12,15H,5-7,18H2,1-4H3. The van der Waals surface area contributed by atoms with Crippen LogP contribution in [0, 0.1) is 11.7 Å². The molecule has 1 aromatic rings.